The number of carbonyl (C=O) groups is 1. The molecule has 0 saturated carbocycles. The van der Waals surface area contributed by atoms with E-state index in [1.807, 2.05) is 72.3 Å². The first-order chi connectivity index (χ1) is 19.6. The van der Waals surface area contributed by atoms with E-state index in [1.54, 1.807) is 23.1 Å². The summed E-state index contributed by atoms with van der Waals surface area (Å²) in [4.78, 5) is 17.7. The molecule has 0 unspecified atom stereocenters. The second-order valence-electron chi connectivity index (χ2n) is 9.05. The zero-order chi connectivity index (χ0) is 27.3. The smallest absolute Gasteiger partial charge is 0.234 e. The number of hydrogen-bond donors (Lipinski definition) is 1. The molecule has 0 saturated heterocycles. The van der Waals surface area contributed by atoms with Gasteiger partial charge in [-0.25, -0.2) is 4.98 Å². The van der Waals surface area contributed by atoms with Crippen LogP contribution in [0.25, 0.3) is 21.6 Å². The summed E-state index contributed by atoms with van der Waals surface area (Å²) in [5.74, 6) is 0.911. The van der Waals surface area contributed by atoms with Crippen LogP contribution in [-0.2, 0) is 11.8 Å². The second-order valence-corrected chi connectivity index (χ2v) is 12.4. The van der Waals surface area contributed by atoms with Gasteiger partial charge in [0.1, 0.15) is 0 Å². The lowest BCUT2D eigenvalue weighted by Gasteiger charge is -2.16. The molecule has 1 amide bonds. The van der Waals surface area contributed by atoms with Gasteiger partial charge >= 0.3 is 0 Å². The van der Waals surface area contributed by atoms with Crippen LogP contribution >= 0.6 is 34.9 Å². The summed E-state index contributed by atoms with van der Waals surface area (Å²) in [6, 6.07) is 36.8. The SMILES string of the molecule is Cn1c(SCC(=O)Nc2ccc3nc(SC(c4ccccc4)c4ccccc4)sc3c2)nnc1-c1ccccc1. The van der Waals surface area contributed by atoms with Crippen LogP contribution in [0.3, 0.4) is 0 Å². The molecule has 6 nitrogen and oxygen atoms in total. The van der Waals surface area contributed by atoms with E-state index in [-0.39, 0.29) is 16.9 Å². The number of amides is 1. The van der Waals surface area contributed by atoms with Crippen molar-refractivity contribution in [1.29, 1.82) is 0 Å². The molecule has 0 spiro atoms. The summed E-state index contributed by atoms with van der Waals surface area (Å²) in [5, 5.41) is 12.4. The van der Waals surface area contributed by atoms with Crippen molar-refractivity contribution < 1.29 is 4.79 Å². The molecule has 0 fully saturated rings. The van der Waals surface area contributed by atoms with Crippen LogP contribution in [0.2, 0.25) is 0 Å². The molecule has 9 heteroatoms. The maximum atomic E-state index is 12.8. The molecule has 40 heavy (non-hydrogen) atoms. The topological polar surface area (TPSA) is 72.7 Å². The van der Waals surface area contributed by atoms with E-state index in [4.69, 9.17) is 4.98 Å². The fraction of sp³-hybridized carbons (Fsp3) is 0.0968. The fourth-order valence-electron chi connectivity index (χ4n) is 4.32. The van der Waals surface area contributed by atoms with Crippen molar-refractivity contribution in [2.45, 2.75) is 14.7 Å². The highest BCUT2D eigenvalue weighted by atomic mass is 32.2. The van der Waals surface area contributed by atoms with Crippen LogP contribution in [-0.4, -0.2) is 31.4 Å². The molecule has 6 aromatic rings. The molecule has 0 radical (unpaired) electrons. The van der Waals surface area contributed by atoms with Gasteiger partial charge in [0.25, 0.3) is 0 Å². The normalized spacial score (nSPS) is 11.2. The van der Waals surface area contributed by atoms with E-state index >= 15 is 0 Å². The molecule has 4 aromatic carbocycles. The number of thiazole rings is 1. The average Bonchev–Trinajstić information content (AvgIpc) is 3.58. The number of benzene rings is 4. The Morgan fingerprint density at radius 3 is 2.20 bits per heavy atom. The molecular formula is C31H25N5OS3. The third-order valence-electron chi connectivity index (χ3n) is 6.28. The lowest BCUT2D eigenvalue weighted by atomic mass is 10.0. The van der Waals surface area contributed by atoms with Crippen molar-refractivity contribution in [3.05, 3.63) is 120 Å². The first-order valence-corrected chi connectivity index (χ1v) is 15.4. The standard InChI is InChI=1S/C31H25N5OS3/c1-36-29(23-15-9-4-10-16-23)34-35-30(36)38-20-27(37)32-24-17-18-25-26(19-24)39-31(33-25)40-28(21-11-5-2-6-12-21)22-13-7-3-8-14-22/h2-19,28H,20H2,1H3,(H,32,37). The zero-order valence-electron chi connectivity index (χ0n) is 21.6. The van der Waals surface area contributed by atoms with Gasteiger partial charge < -0.3 is 9.88 Å². The number of aromatic nitrogens is 4. The Bertz CT molecular complexity index is 1700. The van der Waals surface area contributed by atoms with E-state index in [0.717, 1.165) is 31.6 Å². The van der Waals surface area contributed by atoms with E-state index in [2.05, 4.69) is 64.0 Å². The third kappa shape index (κ3) is 5.96. The van der Waals surface area contributed by atoms with Gasteiger partial charge in [0.2, 0.25) is 5.91 Å². The van der Waals surface area contributed by atoms with Gasteiger partial charge in [-0.05, 0) is 29.3 Å². The lowest BCUT2D eigenvalue weighted by molar-refractivity contribution is -0.113. The summed E-state index contributed by atoms with van der Waals surface area (Å²) in [5.41, 5.74) is 5.14. The number of fused-ring (bicyclic) bond motifs is 1. The van der Waals surface area contributed by atoms with Crippen molar-refractivity contribution in [2.75, 3.05) is 11.1 Å². The summed E-state index contributed by atoms with van der Waals surface area (Å²) >= 11 is 4.76. The minimum Gasteiger partial charge on any atom is -0.325 e. The predicted octanol–water partition coefficient (Wildman–Crippen LogP) is 7.70. The Hall–Kier alpha value is -3.92. The van der Waals surface area contributed by atoms with Crippen molar-refractivity contribution in [1.82, 2.24) is 19.7 Å². The third-order valence-corrected chi connectivity index (χ3v) is 9.72. The molecule has 6 rings (SSSR count). The summed E-state index contributed by atoms with van der Waals surface area (Å²) < 4.78 is 3.94. The van der Waals surface area contributed by atoms with Crippen molar-refractivity contribution in [3.8, 4) is 11.4 Å². The average molecular weight is 580 g/mol. The summed E-state index contributed by atoms with van der Waals surface area (Å²) in [6.07, 6.45) is 0. The van der Waals surface area contributed by atoms with Gasteiger partial charge in [0, 0.05) is 18.3 Å². The highest BCUT2D eigenvalue weighted by Gasteiger charge is 2.18. The van der Waals surface area contributed by atoms with E-state index in [1.165, 1.54) is 22.9 Å². The molecular weight excluding hydrogens is 555 g/mol. The lowest BCUT2D eigenvalue weighted by Crippen LogP contribution is -2.14. The van der Waals surface area contributed by atoms with Gasteiger partial charge in [0.15, 0.2) is 15.3 Å². The fourth-order valence-corrected chi connectivity index (χ4v) is 7.46. The molecule has 0 aliphatic rings. The molecule has 2 heterocycles. The predicted molar refractivity (Wildman–Crippen MR) is 166 cm³/mol. The number of anilines is 1. The number of carbonyl (C=O) groups excluding carboxylic acids is 1. The van der Waals surface area contributed by atoms with Crippen LogP contribution in [0.1, 0.15) is 16.4 Å². The van der Waals surface area contributed by atoms with Gasteiger partial charge in [-0.15, -0.1) is 21.5 Å². The van der Waals surface area contributed by atoms with E-state index in [9.17, 15) is 4.79 Å². The Morgan fingerprint density at radius 1 is 0.875 bits per heavy atom. The van der Waals surface area contributed by atoms with Crippen LogP contribution in [0, 0.1) is 0 Å². The van der Waals surface area contributed by atoms with Gasteiger partial charge in [-0.1, -0.05) is 115 Å². The quantitative estimate of drug-likeness (QED) is 0.177. The molecule has 0 aliphatic carbocycles. The van der Waals surface area contributed by atoms with E-state index in [0.29, 0.717) is 5.16 Å². The Balaban J connectivity index is 1.13. The zero-order valence-corrected chi connectivity index (χ0v) is 24.0. The van der Waals surface area contributed by atoms with Gasteiger partial charge in [0.05, 0.1) is 21.2 Å². The van der Waals surface area contributed by atoms with E-state index < -0.39 is 0 Å². The number of nitrogens with one attached hydrogen (secondary N) is 1. The Morgan fingerprint density at radius 2 is 1.52 bits per heavy atom. The molecule has 0 bridgehead atoms. The number of rotatable bonds is 9. The van der Waals surface area contributed by atoms with Crippen molar-refractivity contribution >= 4 is 56.7 Å². The summed E-state index contributed by atoms with van der Waals surface area (Å²) in [7, 11) is 1.91. The molecule has 1 N–H and O–H groups in total. The minimum absolute atomic E-state index is 0.0963. The minimum atomic E-state index is -0.0963. The molecule has 198 valence electrons. The Labute approximate surface area is 244 Å². The maximum absolute atomic E-state index is 12.8. The van der Waals surface area contributed by atoms with Crippen LogP contribution < -0.4 is 5.32 Å². The second kappa shape index (κ2) is 12.1. The molecule has 0 aliphatic heterocycles. The molecule has 0 atom stereocenters. The van der Waals surface area contributed by atoms with Gasteiger partial charge in [-0.3, -0.25) is 4.79 Å². The maximum Gasteiger partial charge on any atom is 0.234 e. The van der Waals surface area contributed by atoms with Crippen molar-refractivity contribution in [2.24, 2.45) is 7.05 Å². The van der Waals surface area contributed by atoms with Crippen LogP contribution in [0.5, 0.6) is 0 Å². The first-order valence-electron chi connectivity index (χ1n) is 12.7. The first kappa shape index (κ1) is 26.3. The number of thioether (sulfide) groups is 2. The largest absolute Gasteiger partial charge is 0.325 e. The monoisotopic (exact) mass is 579 g/mol. The van der Waals surface area contributed by atoms with Gasteiger partial charge in [-0.2, -0.15) is 0 Å². The highest BCUT2D eigenvalue weighted by molar-refractivity contribution is 8.01. The summed E-state index contributed by atoms with van der Waals surface area (Å²) in [6.45, 7) is 0. The number of nitrogens with zero attached hydrogens (tertiary/aromatic N) is 4. The highest BCUT2D eigenvalue weighted by Crippen LogP contribution is 2.43. The van der Waals surface area contributed by atoms with Crippen LogP contribution in [0.15, 0.2) is 119 Å². The number of hydrogen-bond acceptors (Lipinski definition) is 7. The Kier molecular flexibility index (Phi) is 7.94. The van der Waals surface area contributed by atoms with Crippen molar-refractivity contribution in [3.63, 3.8) is 0 Å². The molecule has 2 aromatic heterocycles. The van der Waals surface area contributed by atoms with Crippen LogP contribution in [0.4, 0.5) is 5.69 Å².